The van der Waals surface area contributed by atoms with E-state index >= 15 is 0 Å². The van der Waals surface area contributed by atoms with Gasteiger partial charge in [-0.1, -0.05) is 38.1 Å². The first-order valence-corrected chi connectivity index (χ1v) is 10.9. The molecule has 0 saturated carbocycles. The molecule has 0 N–H and O–H groups in total. The van der Waals surface area contributed by atoms with E-state index in [9.17, 15) is 9.59 Å². The second kappa shape index (κ2) is 10.4. The van der Waals surface area contributed by atoms with Crippen LogP contribution < -0.4 is 14.2 Å². The SMILES string of the molecule is COc1cccc(OC)c1C(=O)N1CCN(C(=O)C(C)Oc2ccccc2C(C)C)CC1. The van der Waals surface area contributed by atoms with Crippen LogP contribution in [0.1, 0.15) is 42.6 Å². The molecule has 172 valence electrons. The number of carbonyl (C=O) groups is 2. The van der Waals surface area contributed by atoms with Gasteiger partial charge in [0.15, 0.2) is 6.10 Å². The fraction of sp³-hybridized carbons (Fsp3) is 0.440. The smallest absolute Gasteiger partial charge is 0.263 e. The van der Waals surface area contributed by atoms with Crippen LogP contribution in [0.4, 0.5) is 0 Å². The van der Waals surface area contributed by atoms with E-state index < -0.39 is 6.10 Å². The molecule has 1 aliphatic heterocycles. The Bertz CT molecular complexity index is 929. The highest BCUT2D eigenvalue weighted by Crippen LogP contribution is 2.30. The van der Waals surface area contributed by atoms with E-state index in [0.717, 1.165) is 11.3 Å². The average molecular weight is 441 g/mol. The molecule has 2 aromatic carbocycles. The Morgan fingerprint density at radius 2 is 1.31 bits per heavy atom. The molecule has 1 fully saturated rings. The van der Waals surface area contributed by atoms with Gasteiger partial charge in [-0.25, -0.2) is 0 Å². The number of benzene rings is 2. The molecule has 7 nitrogen and oxygen atoms in total. The molecular formula is C25H32N2O5. The van der Waals surface area contributed by atoms with Crippen LogP contribution in [0.25, 0.3) is 0 Å². The third kappa shape index (κ3) is 4.98. The molecule has 1 heterocycles. The fourth-order valence-corrected chi connectivity index (χ4v) is 3.91. The molecule has 0 spiro atoms. The number of rotatable bonds is 7. The lowest BCUT2D eigenvalue weighted by Gasteiger charge is -2.36. The van der Waals surface area contributed by atoms with E-state index in [1.807, 2.05) is 24.3 Å². The number of hydrogen-bond donors (Lipinski definition) is 0. The van der Waals surface area contributed by atoms with Gasteiger partial charge in [0.25, 0.3) is 11.8 Å². The van der Waals surface area contributed by atoms with Gasteiger partial charge < -0.3 is 24.0 Å². The molecule has 2 aromatic rings. The summed E-state index contributed by atoms with van der Waals surface area (Å²) in [5.41, 5.74) is 1.48. The minimum absolute atomic E-state index is 0.0782. The van der Waals surface area contributed by atoms with Gasteiger partial charge in [-0.3, -0.25) is 9.59 Å². The summed E-state index contributed by atoms with van der Waals surface area (Å²) in [5.74, 6) is 1.74. The molecule has 32 heavy (non-hydrogen) atoms. The Hall–Kier alpha value is -3.22. The summed E-state index contributed by atoms with van der Waals surface area (Å²) in [6, 6.07) is 13.1. The summed E-state index contributed by atoms with van der Waals surface area (Å²) in [6.45, 7) is 7.73. The second-order valence-electron chi connectivity index (χ2n) is 8.11. The molecular weight excluding hydrogens is 408 g/mol. The van der Waals surface area contributed by atoms with Crippen LogP contribution in [-0.2, 0) is 4.79 Å². The maximum atomic E-state index is 13.1. The molecule has 2 amide bonds. The van der Waals surface area contributed by atoms with Crippen LogP contribution in [0.3, 0.4) is 0 Å². The van der Waals surface area contributed by atoms with Crippen molar-refractivity contribution in [2.24, 2.45) is 0 Å². The molecule has 1 atom stereocenters. The van der Waals surface area contributed by atoms with Gasteiger partial charge >= 0.3 is 0 Å². The summed E-state index contributed by atoms with van der Waals surface area (Å²) in [7, 11) is 3.06. The first kappa shape index (κ1) is 23.4. The van der Waals surface area contributed by atoms with Crippen LogP contribution in [0.5, 0.6) is 17.2 Å². The minimum Gasteiger partial charge on any atom is -0.496 e. The lowest BCUT2D eigenvalue weighted by atomic mass is 10.0. The molecule has 0 aliphatic carbocycles. The number of para-hydroxylation sites is 1. The van der Waals surface area contributed by atoms with Crippen molar-refractivity contribution in [3.8, 4) is 17.2 Å². The van der Waals surface area contributed by atoms with Crippen LogP contribution in [0, 0.1) is 0 Å². The Morgan fingerprint density at radius 3 is 1.88 bits per heavy atom. The van der Waals surface area contributed by atoms with Crippen molar-refractivity contribution in [2.75, 3.05) is 40.4 Å². The molecule has 1 saturated heterocycles. The van der Waals surface area contributed by atoms with Crippen molar-refractivity contribution in [1.82, 2.24) is 9.80 Å². The maximum absolute atomic E-state index is 13.1. The van der Waals surface area contributed by atoms with E-state index in [4.69, 9.17) is 14.2 Å². The summed E-state index contributed by atoms with van der Waals surface area (Å²) in [4.78, 5) is 29.6. The molecule has 0 bridgehead atoms. The number of ether oxygens (including phenoxy) is 3. The number of methoxy groups -OCH3 is 2. The average Bonchev–Trinajstić information content (AvgIpc) is 2.82. The van der Waals surface area contributed by atoms with E-state index in [1.54, 1.807) is 34.9 Å². The number of hydrogen-bond acceptors (Lipinski definition) is 5. The van der Waals surface area contributed by atoms with Crippen molar-refractivity contribution in [1.29, 1.82) is 0 Å². The molecule has 1 aliphatic rings. The lowest BCUT2D eigenvalue weighted by molar-refractivity contribution is -0.139. The first-order chi connectivity index (χ1) is 15.4. The van der Waals surface area contributed by atoms with Crippen molar-refractivity contribution in [3.63, 3.8) is 0 Å². The highest BCUT2D eigenvalue weighted by Gasteiger charge is 2.31. The van der Waals surface area contributed by atoms with Crippen molar-refractivity contribution in [2.45, 2.75) is 32.8 Å². The first-order valence-electron chi connectivity index (χ1n) is 10.9. The van der Waals surface area contributed by atoms with E-state index in [1.165, 1.54) is 14.2 Å². The Labute approximate surface area is 189 Å². The molecule has 3 rings (SSSR count). The molecule has 0 radical (unpaired) electrons. The van der Waals surface area contributed by atoms with Crippen LogP contribution in [0.2, 0.25) is 0 Å². The van der Waals surface area contributed by atoms with E-state index in [2.05, 4.69) is 13.8 Å². The van der Waals surface area contributed by atoms with E-state index in [-0.39, 0.29) is 11.8 Å². The zero-order valence-corrected chi connectivity index (χ0v) is 19.5. The third-order valence-electron chi connectivity index (χ3n) is 5.71. The number of nitrogens with zero attached hydrogens (tertiary/aromatic N) is 2. The summed E-state index contributed by atoms with van der Waals surface area (Å²) in [6.07, 6.45) is -0.605. The number of piperazine rings is 1. The Balaban J connectivity index is 1.63. The Morgan fingerprint density at radius 1 is 0.781 bits per heavy atom. The fourth-order valence-electron chi connectivity index (χ4n) is 3.91. The topological polar surface area (TPSA) is 68.3 Å². The minimum atomic E-state index is -0.605. The highest BCUT2D eigenvalue weighted by atomic mass is 16.5. The number of amides is 2. The van der Waals surface area contributed by atoms with Gasteiger partial charge in [0.1, 0.15) is 22.8 Å². The summed E-state index contributed by atoms with van der Waals surface area (Å²) in [5, 5.41) is 0. The van der Waals surface area contributed by atoms with Gasteiger partial charge in [-0.15, -0.1) is 0 Å². The van der Waals surface area contributed by atoms with Gasteiger partial charge in [-0.05, 0) is 36.6 Å². The summed E-state index contributed by atoms with van der Waals surface area (Å²) >= 11 is 0. The Kier molecular flexibility index (Phi) is 7.62. The zero-order chi connectivity index (χ0) is 23.3. The van der Waals surface area contributed by atoms with Gasteiger partial charge in [-0.2, -0.15) is 0 Å². The largest absolute Gasteiger partial charge is 0.496 e. The third-order valence-corrected chi connectivity index (χ3v) is 5.71. The van der Waals surface area contributed by atoms with Gasteiger partial charge in [0.05, 0.1) is 14.2 Å². The lowest BCUT2D eigenvalue weighted by Crippen LogP contribution is -2.53. The summed E-state index contributed by atoms with van der Waals surface area (Å²) < 4.78 is 16.8. The predicted octanol–water partition coefficient (Wildman–Crippen LogP) is 3.58. The standard InChI is InChI=1S/C25H32N2O5/c1-17(2)19-9-6-7-10-20(19)32-18(3)24(28)26-13-15-27(16-14-26)25(29)23-21(30-4)11-8-12-22(23)31-5/h6-12,17-18H,13-16H2,1-5H3. The van der Waals surface area contributed by atoms with Crippen molar-refractivity contribution >= 4 is 11.8 Å². The van der Waals surface area contributed by atoms with Crippen LogP contribution in [0.15, 0.2) is 42.5 Å². The molecule has 1 unspecified atom stereocenters. The maximum Gasteiger partial charge on any atom is 0.263 e. The monoisotopic (exact) mass is 440 g/mol. The molecule has 7 heteroatoms. The second-order valence-corrected chi connectivity index (χ2v) is 8.11. The van der Waals surface area contributed by atoms with E-state index in [0.29, 0.717) is 49.2 Å². The molecule has 0 aromatic heterocycles. The predicted molar refractivity (Wildman–Crippen MR) is 123 cm³/mol. The van der Waals surface area contributed by atoms with Gasteiger partial charge in [0, 0.05) is 26.2 Å². The van der Waals surface area contributed by atoms with Crippen molar-refractivity contribution in [3.05, 3.63) is 53.6 Å². The normalized spacial score (nSPS) is 14.8. The highest BCUT2D eigenvalue weighted by molar-refractivity contribution is 6.00. The number of carbonyl (C=O) groups excluding carboxylic acids is 2. The zero-order valence-electron chi connectivity index (χ0n) is 19.5. The van der Waals surface area contributed by atoms with Crippen molar-refractivity contribution < 1.29 is 23.8 Å². The van der Waals surface area contributed by atoms with Crippen LogP contribution >= 0.6 is 0 Å². The quantitative estimate of drug-likeness (QED) is 0.658. The van der Waals surface area contributed by atoms with Crippen LogP contribution in [-0.4, -0.2) is 68.1 Å². The van der Waals surface area contributed by atoms with Gasteiger partial charge in [0.2, 0.25) is 0 Å².